The molecule has 1 saturated carbocycles. The number of hydrogen-bond donors (Lipinski definition) is 2. The highest BCUT2D eigenvalue weighted by atomic mass is 32.1. The molecule has 2 N–H and O–H groups in total. The molecule has 0 spiro atoms. The zero-order valence-corrected chi connectivity index (χ0v) is 11.1. The van der Waals surface area contributed by atoms with E-state index >= 15 is 0 Å². The predicted molar refractivity (Wildman–Crippen MR) is 71.6 cm³/mol. The molecule has 1 aliphatic heterocycles. The summed E-state index contributed by atoms with van der Waals surface area (Å²) in [5.74, 6) is 0.859. The van der Waals surface area contributed by atoms with Crippen molar-refractivity contribution in [1.82, 2.24) is 15.5 Å². The maximum absolute atomic E-state index is 5.35. The quantitative estimate of drug-likeness (QED) is 0.729. The molecule has 2 rings (SSSR count). The van der Waals surface area contributed by atoms with Gasteiger partial charge in [0.25, 0.3) is 0 Å². The summed E-state index contributed by atoms with van der Waals surface area (Å²) in [5.41, 5.74) is 0. The van der Waals surface area contributed by atoms with E-state index in [0.717, 1.165) is 11.0 Å². The van der Waals surface area contributed by atoms with Crippen LogP contribution >= 0.6 is 12.2 Å². The molecule has 0 aromatic rings. The Morgan fingerprint density at radius 1 is 1.25 bits per heavy atom. The largest absolute Gasteiger partial charge is 0.360 e. The highest BCUT2D eigenvalue weighted by Gasteiger charge is 2.28. The summed E-state index contributed by atoms with van der Waals surface area (Å²) in [4.78, 5) is 2.38. The Hall–Kier alpha value is -0.350. The first-order chi connectivity index (χ1) is 7.65. The van der Waals surface area contributed by atoms with Gasteiger partial charge in [-0.15, -0.1) is 0 Å². The maximum atomic E-state index is 5.35. The van der Waals surface area contributed by atoms with Gasteiger partial charge in [-0.05, 0) is 70.9 Å². The number of nitrogens with one attached hydrogen (secondary N) is 2. The maximum Gasteiger partial charge on any atom is 0.166 e. The zero-order valence-electron chi connectivity index (χ0n) is 10.3. The van der Waals surface area contributed by atoms with Crippen molar-refractivity contribution in [3.63, 3.8) is 0 Å². The number of nitrogens with zero attached hydrogens (tertiary/aromatic N) is 1. The molecule has 0 bridgehead atoms. The molecule has 1 atom stereocenters. The van der Waals surface area contributed by atoms with E-state index in [1.807, 2.05) is 0 Å². The fraction of sp³-hybridized carbons (Fsp3) is 0.917. The van der Waals surface area contributed by atoms with Crippen molar-refractivity contribution >= 4 is 17.3 Å². The molecule has 1 heterocycles. The molecule has 1 aliphatic carbocycles. The highest BCUT2D eigenvalue weighted by Crippen LogP contribution is 2.32. The normalized spacial score (nSPS) is 25.1. The molecule has 0 aromatic carbocycles. The lowest BCUT2D eigenvalue weighted by atomic mass is 10.1. The summed E-state index contributed by atoms with van der Waals surface area (Å²) in [6, 6.07) is 1.12. The van der Waals surface area contributed by atoms with Crippen molar-refractivity contribution in [2.24, 2.45) is 5.92 Å². The molecule has 16 heavy (non-hydrogen) atoms. The lowest BCUT2D eigenvalue weighted by Gasteiger charge is -2.30. The third kappa shape index (κ3) is 3.59. The fourth-order valence-corrected chi connectivity index (χ4v) is 2.65. The summed E-state index contributed by atoms with van der Waals surface area (Å²) in [6.07, 6.45) is 5.14. The molecule has 2 aliphatic rings. The van der Waals surface area contributed by atoms with Gasteiger partial charge in [0.05, 0.1) is 0 Å². The van der Waals surface area contributed by atoms with Crippen molar-refractivity contribution in [2.45, 2.75) is 44.7 Å². The molecule has 2 fully saturated rings. The Kier molecular flexibility index (Phi) is 4.03. The van der Waals surface area contributed by atoms with Crippen molar-refractivity contribution in [2.75, 3.05) is 20.1 Å². The van der Waals surface area contributed by atoms with Gasteiger partial charge in [0.1, 0.15) is 0 Å². The van der Waals surface area contributed by atoms with Crippen LogP contribution < -0.4 is 10.6 Å². The molecular formula is C12H23N3S. The first kappa shape index (κ1) is 12.1. The van der Waals surface area contributed by atoms with Gasteiger partial charge in [-0.25, -0.2) is 0 Å². The topological polar surface area (TPSA) is 27.3 Å². The minimum absolute atomic E-state index is 0.547. The summed E-state index contributed by atoms with van der Waals surface area (Å²) in [6.45, 7) is 4.59. The van der Waals surface area contributed by atoms with Gasteiger partial charge in [-0.3, -0.25) is 0 Å². The molecule has 1 saturated heterocycles. The van der Waals surface area contributed by atoms with E-state index in [2.05, 4.69) is 29.5 Å². The van der Waals surface area contributed by atoms with Gasteiger partial charge in [0.2, 0.25) is 0 Å². The van der Waals surface area contributed by atoms with Crippen LogP contribution in [0.1, 0.15) is 32.6 Å². The van der Waals surface area contributed by atoms with Gasteiger partial charge in [0.15, 0.2) is 5.11 Å². The molecule has 0 amide bonds. The summed E-state index contributed by atoms with van der Waals surface area (Å²) in [7, 11) is 2.18. The summed E-state index contributed by atoms with van der Waals surface area (Å²) < 4.78 is 0. The van der Waals surface area contributed by atoms with Gasteiger partial charge in [-0.1, -0.05) is 0 Å². The van der Waals surface area contributed by atoms with Crippen molar-refractivity contribution in [3.8, 4) is 0 Å². The number of piperidine rings is 1. The lowest BCUT2D eigenvalue weighted by Crippen LogP contribution is -2.49. The van der Waals surface area contributed by atoms with E-state index < -0.39 is 0 Å². The van der Waals surface area contributed by atoms with E-state index in [4.69, 9.17) is 12.2 Å². The van der Waals surface area contributed by atoms with Crippen LogP contribution in [0.5, 0.6) is 0 Å². The third-order valence-electron chi connectivity index (χ3n) is 3.74. The van der Waals surface area contributed by atoms with Crippen molar-refractivity contribution in [1.29, 1.82) is 0 Å². The van der Waals surface area contributed by atoms with Crippen molar-refractivity contribution in [3.05, 3.63) is 0 Å². The van der Waals surface area contributed by atoms with Crippen LogP contribution in [0.4, 0.5) is 0 Å². The smallest absolute Gasteiger partial charge is 0.166 e. The Balaban J connectivity index is 1.66. The molecular weight excluding hydrogens is 218 g/mol. The average Bonchev–Trinajstić information content (AvgIpc) is 3.04. The van der Waals surface area contributed by atoms with Crippen LogP contribution in [0.3, 0.4) is 0 Å². The Labute approximate surface area is 104 Å². The number of thiocarbonyl (C=S) groups is 1. The zero-order chi connectivity index (χ0) is 11.5. The molecule has 0 aromatic heterocycles. The van der Waals surface area contributed by atoms with Crippen LogP contribution in [0, 0.1) is 5.92 Å². The standard InChI is InChI=1S/C12H23N3S/c1-9(10-3-4-10)13-12(16)14-11-5-7-15(2)8-6-11/h9-11H,3-8H2,1-2H3,(H2,13,14,16). The van der Waals surface area contributed by atoms with Gasteiger partial charge >= 0.3 is 0 Å². The monoisotopic (exact) mass is 241 g/mol. The number of likely N-dealkylation sites (tertiary alicyclic amines) is 1. The van der Waals surface area contributed by atoms with Crippen LogP contribution in [0.2, 0.25) is 0 Å². The summed E-state index contributed by atoms with van der Waals surface area (Å²) >= 11 is 5.35. The van der Waals surface area contributed by atoms with Crippen LogP contribution in [0.15, 0.2) is 0 Å². The minimum Gasteiger partial charge on any atom is -0.360 e. The van der Waals surface area contributed by atoms with Crippen LogP contribution in [-0.4, -0.2) is 42.2 Å². The molecule has 4 heteroatoms. The fourth-order valence-electron chi connectivity index (χ4n) is 2.30. The van der Waals surface area contributed by atoms with E-state index in [0.29, 0.717) is 12.1 Å². The van der Waals surface area contributed by atoms with E-state index in [9.17, 15) is 0 Å². The highest BCUT2D eigenvalue weighted by molar-refractivity contribution is 7.80. The second-order valence-electron chi connectivity index (χ2n) is 5.32. The molecule has 0 radical (unpaired) electrons. The SMILES string of the molecule is CC(NC(=S)NC1CCN(C)CC1)C1CC1. The Morgan fingerprint density at radius 2 is 1.88 bits per heavy atom. The van der Waals surface area contributed by atoms with Crippen molar-refractivity contribution < 1.29 is 0 Å². The Bertz CT molecular complexity index is 245. The van der Waals surface area contributed by atoms with E-state index in [1.54, 1.807) is 0 Å². The van der Waals surface area contributed by atoms with E-state index in [-0.39, 0.29) is 0 Å². The van der Waals surface area contributed by atoms with Gasteiger partial charge in [0, 0.05) is 12.1 Å². The number of rotatable bonds is 3. The first-order valence-electron chi connectivity index (χ1n) is 6.40. The van der Waals surface area contributed by atoms with Gasteiger partial charge < -0.3 is 15.5 Å². The van der Waals surface area contributed by atoms with E-state index in [1.165, 1.54) is 38.8 Å². The molecule has 3 nitrogen and oxygen atoms in total. The number of hydrogen-bond acceptors (Lipinski definition) is 2. The molecule has 1 unspecified atom stereocenters. The third-order valence-corrected chi connectivity index (χ3v) is 3.98. The van der Waals surface area contributed by atoms with Gasteiger partial charge in [-0.2, -0.15) is 0 Å². The molecule has 92 valence electrons. The lowest BCUT2D eigenvalue weighted by molar-refractivity contribution is 0.246. The minimum atomic E-state index is 0.547. The van der Waals surface area contributed by atoms with Crippen LogP contribution in [-0.2, 0) is 0 Å². The first-order valence-corrected chi connectivity index (χ1v) is 6.81. The predicted octanol–water partition coefficient (Wildman–Crippen LogP) is 1.34. The Morgan fingerprint density at radius 3 is 2.44 bits per heavy atom. The second kappa shape index (κ2) is 5.32. The average molecular weight is 241 g/mol. The second-order valence-corrected chi connectivity index (χ2v) is 5.73. The van der Waals surface area contributed by atoms with Crippen LogP contribution in [0.25, 0.3) is 0 Å². The summed E-state index contributed by atoms with van der Waals surface area (Å²) in [5, 5.41) is 7.71.